The maximum atomic E-state index is 12.3. The zero-order valence-electron chi connectivity index (χ0n) is 16.2. The summed E-state index contributed by atoms with van der Waals surface area (Å²) in [4.78, 5) is 33.3. The number of non-ortho nitro benzene ring substituents is 1. The normalized spacial score (nSPS) is 11.0. The molecular formula is C19H20N2O8S. The summed E-state index contributed by atoms with van der Waals surface area (Å²) in [5.41, 5.74) is -0.304. The first-order valence-electron chi connectivity index (χ1n) is 8.81. The number of benzene rings is 2. The average molecular weight is 436 g/mol. The third kappa shape index (κ3) is 6.55. The molecule has 0 aliphatic heterocycles. The van der Waals surface area contributed by atoms with Crippen LogP contribution in [0.1, 0.15) is 24.2 Å². The van der Waals surface area contributed by atoms with Gasteiger partial charge in [0.05, 0.1) is 10.5 Å². The highest BCUT2D eigenvalue weighted by Crippen LogP contribution is 2.22. The van der Waals surface area contributed by atoms with E-state index in [9.17, 15) is 28.1 Å². The molecule has 160 valence electrons. The van der Waals surface area contributed by atoms with E-state index in [1.807, 2.05) is 13.8 Å². The molecule has 0 unspecified atom stereocenters. The van der Waals surface area contributed by atoms with Gasteiger partial charge in [0, 0.05) is 18.7 Å². The lowest BCUT2D eigenvalue weighted by molar-refractivity contribution is -0.385. The van der Waals surface area contributed by atoms with Crippen LogP contribution in [0.4, 0.5) is 5.69 Å². The SMILES string of the molecule is CC(C)CNC(=O)COC(=O)c1ccc(OS(=O)(=O)c2cccc([N+](=O)[O-])c2)cc1. The highest BCUT2D eigenvalue weighted by atomic mass is 32.2. The van der Waals surface area contributed by atoms with Crippen LogP contribution in [0.15, 0.2) is 53.4 Å². The molecule has 0 aliphatic rings. The van der Waals surface area contributed by atoms with Gasteiger partial charge in [0.15, 0.2) is 6.61 Å². The molecule has 0 fully saturated rings. The Morgan fingerprint density at radius 2 is 1.80 bits per heavy atom. The second kappa shape index (κ2) is 9.83. The van der Waals surface area contributed by atoms with Crippen molar-refractivity contribution in [1.29, 1.82) is 0 Å². The summed E-state index contributed by atoms with van der Waals surface area (Å²) in [6.07, 6.45) is 0. The van der Waals surface area contributed by atoms with Gasteiger partial charge in [-0.25, -0.2) is 4.79 Å². The number of ether oxygens (including phenoxy) is 1. The van der Waals surface area contributed by atoms with E-state index in [4.69, 9.17) is 8.92 Å². The summed E-state index contributed by atoms with van der Waals surface area (Å²) in [5, 5.41) is 13.4. The first kappa shape index (κ1) is 22.8. The summed E-state index contributed by atoms with van der Waals surface area (Å²) in [6.45, 7) is 3.87. The Morgan fingerprint density at radius 1 is 1.13 bits per heavy atom. The molecule has 1 amide bonds. The Labute approximate surface area is 173 Å². The van der Waals surface area contributed by atoms with Crippen molar-refractivity contribution in [2.24, 2.45) is 5.92 Å². The molecule has 30 heavy (non-hydrogen) atoms. The van der Waals surface area contributed by atoms with Crippen molar-refractivity contribution >= 4 is 27.7 Å². The van der Waals surface area contributed by atoms with Gasteiger partial charge in [-0.3, -0.25) is 14.9 Å². The molecule has 0 atom stereocenters. The number of amides is 1. The Bertz CT molecular complexity index is 1030. The molecule has 2 aromatic rings. The second-order valence-electron chi connectivity index (χ2n) is 6.59. The average Bonchev–Trinajstić information content (AvgIpc) is 2.70. The Hall–Kier alpha value is -3.47. The van der Waals surface area contributed by atoms with E-state index >= 15 is 0 Å². The summed E-state index contributed by atoms with van der Waals surface area (Å²) < 4.78 is 34.4. The lowest BCUT2D eigenvalue weighted by Crippen LogP contribution is -2.31. The quantitative estimate of drug-likeness (QED) is 0.273. The molecule has 2 rings (SSSR count). The van der Waals surface area contributed by atoms with Crippen molar-refractivity contribution in [2.45, 2.75) is 18.7 Å². The Balaban J connectivity index is 2.00. The van der Waals surface area contributed by atoms with Crippen molar-refractivity contribution in [3.05, 3.63) is 64.2 Å². The molecule has 10 nitrogen and oxygen atoms in total. The number of rotatable bonds is 9. The molecule has 0 bridgehead atoms. The van der Waals surface area contributed by atoms with Crippen molar-refractivity contribution in [3.63, 3.8) is 0 Å². The molecule has 0 aliphatic carbocycles. The largest absolute Gasteiger partial charge is 0.452 e. The molecule has 0 heterocycles. The van der Waals surface area contributed by atoms with Gasteiger partial charge < -0.3 is 14.2 Å². The highest BCUT2D eigenvalue weighted by Gasteiger charge is 2.20. The molecular weight excluding hydrogens is 416 g/mol. The minimum absolute atomic E-state index is 0.0896. The predicted octanol–water partition coefficient (Wildman–Crippen LogP) is 2.29. The first-order valence-corrected chi connectivity index (χ1v) is 10.2. The third-order valence-corrected chi connectivity index (χ3v) is 4.90. The van der Waals surface area contributed by atoms with E-state index in [2.05, 4.69) is 5.32 Å². The van der Waals surface area contributed by atoms with Gasteiger partial charge in [-0.05, 0) is 36.2 Å². The van der Waals surface area contributed by atoms with Gasteiger partial charge in [-0.2, -0.15) is 8.42 Å². The van der Waals surface area contributed by atoms with Crippen LogP contribution in [0.25, 0.3) is 0 Å². The maximum absolute atomic E-state index is 12.3. The van der Waals surface area contributed by atoms with Crippen LogP contribution in [-0.2, 0) is 19.6 Å². The van der Waals surface area contributed by atoms with Crippen LogP contribution >= 0.6 is 0 Å². The summed E-state index contributed by atoms with van der Waals surface area (Å²) in [7, 11) is -4.31. The summed E-state index contributed by atoms with van der Waals surface area (Å²) >= 11 is 0. The van der Waals surface area contributed by atoms with Crippen molar-refractivity contribution in [3.8, 4) is 5.75 Å². The zero-order chi connectivity index (χ0) is 22.3. The lowest BCUT2D eigenvalue weighted by atomic mass is 10.2. The number of esters is 1. The molecule has 0 saturated carbocycles. The number of carbonyl (C=O) groups excluding carboxylic acids is 2. The molecule has 0 saturated heterocycles. The lowest BCUT2D eigenvalue weighted by Gasteiger charge is -2.09. The van der Waals surface area contributed by atoms with Crippen LogP contribution in [0.3, 0.4) is 0 Å². The van der Waals surface area contributed by atoms with Crippen LogP contribution < -0.4 is 9.50 Å². The highest BCUT2D eigenvalue weighted by molar-refractivity contribution is 7.87. The number of nitro benzene ring substituents is 1. The van der Waals surface area contributed by atoms with E-state index in [-0.39, 0.29) is 22.1 Å². The molecule has 0 radical (unpaired) electrons. The molecule has 0 aromatic heterocycles. The molecule has 1 N–H and O–H groups in total. The van der Waals surface area contributed by atoms with Crippen molar-refractivity contribution in [1.82, 2.24) is 5.32 Å². The number of nitro groups is 1. The van der Waals surface area contributed by atoms with E-state index in [1.165, 1.54) is 36.4 Å². The predicted molar refractivity (Wildman–Crippen MR) is 105 cm³/mol. The van der Waals surface area contributed by atoms with Gasteiger partial charge in [-0.1, -0.05) is 19.9 Å². The molecule has 11 heteroatoms. The fraction of sp³-hybridized carbons (Fsp3) is 0.263. The van der Waals surface area contributed by atoms with Crippen molar-refractivity contribution in [2.75, 3.05) is 13.2 Å². The van der Waals surface area contributed by atoms with E-state index in [0.29, 0.717) is 6.54 Å². The maximum Gasteiger partial charge on any atom is 0.339 e. The Morgan fingerprint density at radius 3 is 2.40 bits per heavy atom. The van der Waals surface area contributed by atoms with Gasteiger partial charge in [-0.15, -0.1) is 0 Å². The van der Waals surface area contributed by atoms with E-state index < -0.39 is 39.2 Å². The van der Waals surface area contributed by atoms with Gasteiger partial charge >= 0.3 is 16.1 Å². The topological polar surface area (TPSA) is 142 Å². The second-order valence-corrected chi connectivity index (χ2v) is 8.14. The Kier molecular flexibility index (Phi) is 7.48. The number of hydrogen-bond donors (Lipinski definition) is 1. The molecule has 0 spiro atoms. The van der Waals surface area contributed by atoms with Gasteiger partial charge in [0.1, 0.15) is 10.6 Å². The number of carbonyl (C=O) groups is 2. The fourth-order valence-electron chi connectivity index (χ4n) is 2.16. The number of nitrogens with zero attached hydrogens (tertiary/aromatic N) is 1. The van der Waals surface area contributed by atoms with Crippen LogP contribution in [0.2, 0.25) is 0 Å². The smallest absolute Gasteiger partial charge is 0.339 e. The standard InChI is InChI=1S/C19H20N2O8S/c1-13(2)11-20-18(22)12-28-19(23)14-6-8-16(9-7-14)29-30(26,27)17-5-3-4-15(10-17)21(24)25/h3-10,13H,11-12H2,1-2H3,(H,20,22). The van der Waals surface area contributed by atoms with Crippen LogP contribution in [-0.4, -0.2) is 38.4 Å². The minimum atomic E-state index is -4.31. The summed E-state index contributed by atoms with van der Waals surface area (Å²) in [5.74, 6) is -1.04. The third-order valence-electron chi connectivity index (χ3n) is 3.65. The first-order chi connectivity index (χ1) is 14.1. The van der Waals surface area contributed by atoms with Crippen LogP contribution in [0.5, 0.6) is 5.75 Å². The zero-order valence-corrected chi connectivity index (χ0v) is 17.0. The van der Waals surface area contributed by atoms with E-state index in [0.717, 1.165) is 12.1 Å². The van der Waals surface area contributed by atoms with Crippen LogP contribution in [0, 0.1) is 16.0 Å². The van der Waals surface area contributed by atoms with Crippen molar-refractivity contribution < 1.29 is 31.9 Å². The fourth-order valence-corrected chi connectivity index (χ4v) is 3.13. The number of nitrogens with one attached hydrogen (secondary N) is 1. The number of hydrogen-bond acceptors (Lipinski definition) is 8. The molecule has 2 aromatic carbocycles. The summed E-state index contributed by atoms with van der Waals surface area (Å²) in [6, 6.07) is 9.42. The minimum Gasteiger partial charge on any atom is -0.452 e. The van der Waals surface area contributed by atoms with Gasteiger partial charge in [0.25, 0.3) is 11.6 Å². The van der Waals surface area contributed by atoms with E-state index in [1.54, 1.807) is 0 Å². The monoisotopic (exact) mass is 436 g/mol. The van der Waals surface area contributed by atoms with Gasteiger partial charge in [0.2, 0.25) is 0 Å².